The van der Waals surface area contributed by atoms with Crippen LogP contribution in [0.1, 0.15) is 25.7 Å². The summed E-state index contributed by atoms with van der Waals surface area (Å²) < 4.78 is 37.0. The predicted molar refractivity (Wildman–Crippen MR) is 29.5 cm³/mol. The third kappa shape index (κ3) is 1.87. The maximum absolute atomic E-state index is 12.4. The average molecular weight is 154 g/mol. The van der Waals surface area contributed by atoms with Gasteiger partial charge in [0, 0.05) is 25.7 Å². The molecule has 0 heterocycles. The molecule has 0 bridgehead atoms. The first-order valence-electron chi connectivity index (χ1n) is 3.20. The van der Waals surface area contributed by atoms with Gasteiger partial charge in [-0.25, -0.2) is 13.2 Å². The summed E-state index contributed by atoms with van der Waals surface area (Å²) in [5.74, 6) is -5.11. The number of halogens is 3. The van der Waals surface area contributed by atoms with Gasteiger partial charge in [-0.05, 0) is 0 Å². The normalized spacial score (nSPS) is 30.0. The third-order valence-corrected chi connectivity index (χ3v) is 1.75. The monoisotopic (exact) mass is 154 g/mol. The number of aliphatic hydroxyl groups is 1. The Morgan fingerprint density at radius 1 is 0.900 bits per heavy atom. The van der Waals surface area contributed by atoms with Gasteiger partial charge in [-0.2, -0.15) is 0 Å². The lowest BCUT2D eigenvalue weighted by molar-refractivity contribution is -0.166. The Hall–Kier alpha value is -0.250. The summed E-state index contributed by atoms with van der Waals surface area (Å²) in [6.45, 7) is 0. The van der Waals surface area contributed by atoms with Gasteiger partial charge in [-0.15, -0.1) is 0 Å². The van der Waals surface area contributed by atoms with E-state index in [-0.39, 0.29) is 0 Å². The molecule has 1 fully saturated rings. The van der Waals surface area contributed by atoms with Crippen LogP contribution in [0.4, 0.5) is 13.2 Å². The summed E-state index contributed by atoms with van der Waals surface area (Å²) in [4.78, 5) is 0. The van der Waals surface area contributed by atoms with Gasteiger partial charge in [0.1, 0.15) is 0 Å². The topological polar surface area (TPSA) is 20.2 Å². The average Bonchev–Trinajstić information content (AvgIpc) is 1.79. The molecule has 0 aromatic carbocycles. The number of hydrogen-bond acceptors (Lipinski definition) is 1. The van der Waals surface area contributed by atoms with Gasteiger partial charge in [0.05, 0.1) is 0 Å². The van der Waals surface area contributed by atoms with E-state index in [0.717, 1.165) is 0 Å². The van der Waals surface area contributed by atoms with Crippen LogP contribution in [0.15, 0.2) is 0 Å². The molecule has 1 aliphatic carbocycles. The molecular weight excluding hydrogens is 145 g/mol. The van der Waals surface area contributed by atoms with E-state index in [0.29, 0.717) is 0 Å². The van der Waals surface area contributed by atoms with Crippen LogP contribution in [-0.4, -0.2) is 16.9 Å². The van der Waals surface area contributed by atoms with E-state index in [9.17, 15) is 13.2 Å². The van der Waals surface area contributed by atoms with Gasteiger partial charge in [0.2, 0.25) is 11.8 Å². The lowest BCUT2D eigenvalue weighted by Crippen LogP contribution is -2.34. The van der Waals surface area contributed by atoms with Crippen LogP contribution < -0.4 is 0 Å². The Bertz CT molecular complexity index is 105. The lowest BCUT2D eigenvalue weighted by Gasteiger charge is -2.29. The maximum Gasteiger partial charge on any atom is 0.248 e. The Kier molecular flexibility index (Phi) is 1.66. The Labute approximate surface area is 56.8 Å². The van der Waals surface area contributed by atoms with Crippen molar-refractivity contribution >= 4 is 0 Å². The van der Waals surface area contributed by atoms with Crippen molar-refractivity contribution in [2.45, 2.75) is 37.5 Å². The highest BCUT2D eigenvalue weighted by Crippen LogP contribution is 2.38. The van der Waals surface area contributed by atoms with E-state index >= 15 is 0 Å². The Morgan fingerprint density at radius 3 is 1.60 bits per heavy atom. The predicted octanol–water partition coefficient (Wildman–Crippen LogP) is 1.85. The minimum atomic E-state index is -2.77. The van der Waals surface area contributed by atoms with Crippen molar-refractivity contribution in [3.8, 4) is 0 Å². The van der Waals surface area contributed by atoms with E-state index in [4.69, 9.17) is 5.11 Å². The van der Waals surface area contributed by atoms with Crippen molar-refractivity contribution in [2.75, 3.05) is 0 Å². The highest BCUT2D eigenvalue weighted by atomic mass is 19.3. The van der Waals surface area contributed by atoms with Crippen molar-refractivity contribution in [3.05, 3.63) is 0 Å². The molecule has 0 saturated heterocycles. The van der Waals surface area contributed by atoms with Crippen molar-refractivity contribution in [1.82, 2.24) is 0 Å². The lowest BCUT2D eigenvalue weighted by atomic mass is 9.92. The number of hydrogen-bond donors (Lipinski definition) is 1. The standard InChI is InChI=1S/C6H9F3O/c7-5(8)1-3-6(9,10)4-2-5/h10H,1-4H2. The molecule has 0 spiro atoms. The number of alkyl halides is 3. The second-order valence-corrected chi connectivity index (χ2v) is 2.77. The summed E-state index contributed by atoms with van der Waals surface area (Å²) in [5, 5.41) is 8.61. The van der Waals surface area contributed by atoms with E-state index in [1.165, 1.54) is 0 Å². The van der Waals surface area contributed by atoms with Crippen LogP contribution in [0.3, 0.4) is 0 Å². The van der Waals surface area contributed by atoms with Crippen LogP contribution in [0.5, 0.6) is 0 Å². The molecule has 0 aromatic rings. The van der Waals surface area contributed by atoms with Crippen molar-refractivity contribution in [2.24, 2.45) is 0 Å². The fourth-order valence-electron chi connectivity index (χ4n) is 0.999. The molecule has 0 atom stereocenters. The van der Waals surface area contributed by atoms with Crippen LogP contribution in [0.2, 0.25) is 0 Å². The summed E-state index contributed by atoms with van der Waals surface area (Å²) >= 11 is 0. The fraction of sp³-hybridized carbons (Fsp3) is 1.00. The summed E-state index contributed by atoms with van der Waals surface area (Å²) in [7, 11) is 0. The molecule has 0 aromatic heterocycles. The molecule has 0 radical (unpaired) electrons. The van der Waals surface area contributed by atoms with Crippen molar-refractivity contribution < 1.29 is 18.3 Å². The highest BCUT2D eigenvalue weighted by molar-refractivity contribution is 4.81. The Balaban J connectivity index is 2.46. The van der Waals surface area contributed by atoms with Crippen LogP contribution in [0, 0.1) is 0 Å². The zero-order chi connectivity index (χ0) is 7.83. The van der Waals surface area contributed by atoms with Gasteiger partial charge in [-0.3, -0.25) is 0 Å². The van der Waals surface area contributed by atoms with Gasteiger partial charge in [0.25, 0.3) is 0 Å². The van der Waals surface area contributed by atoms with E-state index in [2.05, 4.69) is 0 Å². The molecule has 0 unspecified atom stereocenters. The molecular formula is C6H9F3O. The molecule has 1 rings (SSSR count). The van der Waals surface area contributed by atoms with E-state index in [1.807, 2.05) is 0 Å². The second kappa shape index (κ2) is 2.12. The zero-order valence-electron chi connectivity index (χ0n) is 5.41. The van der Waals surface area contributed by atoms with E-state index < -0.39 is 37.5 Å². The van der Waals surface area contributed by atoms with Crippen molar-refractivity contribution in [3.63, 3.8) is 0 Å². The Morgan fingerprint density at radius 2 is 1.30 bits per heavy atom. The fourth-order valence-corrected chi connectivity index (χ4v) is 0.999. The van der Waals surface area contributed by atoms with Crippen LogP contribution in [0.25, 0.3) is 0 Å². The first kappa shape index (κ1) is 7.85. The molecule has 0 aliphatic heterocycles. The summed E-state index contributed by atoms with van der Waals surface area (Å²) in [6.07, 6.45) is -1.97. The molecule has 1 N–H and O–H groups in total. The van der Waals surface area contributed by atoms with Crippen LogP contribution in [-0.2, 0) is 0 Å². The molecule has 1 nitrogen and oxygen atoms in total. The minimum Gasteiger partial charge on any atom is -0.362 e. The van der Waals surface area contributed by atoms with Gasteiger partial charge in [-0.1, -0.05) is 0 Å². The quantitative estimate of drug-likeness (QED) is 0.564. The van der Waals surface area contributed by atoms with Crippen molar-refractivity contribution in [1.29, 1.82) is 0 Å². The molecule has 0 amide bonds. The first-order valence-corrected chi connectivity index (χ1v) is 3.20. The summed E-state index contributed by atoms with van der Waals surface area (Å²) in [6, 6.07) is 0. The van der Waals surface area contributed by atoms with Crippen LogP contribution >= 0.6 is 0 Å². The summed E-state index contributed by atoms with van der Waals surface area (Å²) in [5.41, 5.74) is 0. The molecule has 4 heteroatoms. The molecule has 60 valence electrons. The number of rotatable bonds is 0. The molecule has 10 heavy (non-hydrogen) atoms. The largest absolute Gasteiger partial charge is 0.362 e. The van der Waals surface area contributed by atoms with Gasteiger partial charge >= 0.3 is 0 Å². The van der Waals surface area contributed by atoms with E-state index in [1.54, 1.807) is 0 Å². The minimum absolute atomic E-state index is 0.444. The molecule has 1 aliphatic rings. The zero-order valence-corrected chi connectivity index (χ0v) is 5.41. The SMILES string of the molecule is OC1(F)CCC(F)(F)CC1. The smallest absolute Gasteiger partial charge is 0.248 e. The third-order valence-electron chi connectivity index (χ3n) is 1.75. The van der Waals surface area contributed by atoms with Gasteiger partial charge < -0.3 is 5.11 Å². The highest BCUT2D eigenvalue weighted by Gasteiger charge is 2.42. The second-order valence-electron chi connectivity index (χ2n) is 2.77. The maximum atomic E-state index is 12.4. The first-order chi connectivity index (χ1) is 4.41. The molecule has 1 saturated carbocycles. The van der Waals surface area contributed by atoms with Gasteiger partial charge in [0.15, 0.2) is 0 Å².